The Hall–Kier alpha value is -3.56. The third-order valence-corrected chi connectivity index (χ3v) is 10.5. The number of carboxylic acid groups (broad SMARTS) is 1. The molecule has 9 heteroatoms. The van der Waals surface area contributed by atoms with Crippen molar-refractivity contribution in [3.63, 3.8) is 0 Å². The Balaban J connectivity index is 0.000000257. The molecule has 5 rings (SSSR count). The Bertz CT molecular complexity index is 1580. The highest BCUT2D eigenvalue weighted by Gasteiger charge is 2.18. The van der Waals surface area contributed by atoms with Crippen LogP contribution >= 0.6 is 11.3 Å². The van der Waals surface area contributed by atoms with Crippen LogP contribution in [0.3, 0.4) is 0 Å². The van der Waals surface area contributed by atoms with Gasteiger partial charge in [-0.15, -0.1) is 11.3 Å². The van der Waals surface area contributed by atoms with Gasteiger partial charge in [-0.05, 0) is 73.0 Å². The molecule has 8 nitrogen and oxygen atoms in total. The number of hydrogen-bond donors (Lipinski definition) is 3. The lowest BCUT2D eigenvalue weighted by Crippen LogP contribution is -2.46. The van der Waals surface area contributed by atoms with Crippen molar-refractivity contribution in [3.8, 4) is 5.75 Å². The Kier molecular flexibility index (Phi) is 18.1. The summed E-state index contributed by atoms with van der Waals surface area (Å²) in [5, 5.41) is 15.4. The SMILES string of the molecule is CCCCCCCCCCCCCCCNC(=O)O.O=c1ccc2ccc(OCCCCN3CCN(c4cccc5sccc45)CC3)cc2[nH]1. The molecule has 0 spiro atoms. The van der Waals surface area contributed by atoms with Gasteiger partial charge < -0.3 is 25.0 Å². The van der Waals surface area contributed by atoms with E-state index in [1.165, 1.54) is 86.4 Å². The average Bonchev–Trinajstić information content (AvgIpc) is 3.61. The van der Waals surface area contributed by atoms with Crippen LogP contribution in [-0.4, -0.2) is 67.0 Å². The van der Waals surface area contributed by atoms with E-state index in [2.05, 4.69) is 56.7 Å². The fraction of sp³-hybridized carbons (Fsp3) is 0.561. The molecule has 3 heterocycles. The average molecular weight is 705 g/mol. The minimum Gasteiger partial charge on any atom is -0.494 e. The zero-order chi connectivity index (χ0) is 35.2. The molecule has 1 amide bonds. The summed E-state index contributed by atoms with van der Waals surface area (Å²) in [7, 11) is 0. The number of piperazine rings is 1. The third kappa shape index (κ3) is 14.4. The lowest BCUT2D eigenvalue weighted by molar-refractivity contribution is 0.194. The zero-order valence-electron chi connectivity index (χ0n) is 30.3. The number of amides is 1. The number of H-pyrrole nitrogens is 1. The van der Waals surface area contributed by atoms with E-state index in [0.717, 1.165) is 75.1 Å². The van der Waals surface area contributed by atoms with Crippen LogP contribution in [0, 0.1) is 0 Å². The summed E-state index contributed by atoms with van der Waals surface area (Å²) in [6.45, 7) is 9.07. The highest BCUT2D eigenvalue weighted by Crippen LogP contribution is 2.31. The normalized spacial score (nSPS) is 13.3. The van der Waals surface area contributed by atoms with Crippen LogP contribution in [0.25, 0.3) is 21.0 Å². The van der Waals surface area contributed by atoms with Crippen molar-refractivity contribution in [2.45, 2.75) is 103 Å². The molecule has 4 aromatic rings. The highest BCUT2D eigenvalue weighted by atomic mass is 32.1. The number of unbranched alkanes of at least 4 members (excludes halogenated alkanes) is 13. The van der Waals surface area contributed by atoms with Crippen LogP contribution in [-0.2, 0) is 0 Å². The number of nitrogens with zero attached hydrogens (tertiary/aromatic N) is 2. The number of hydrogen-bond acceptors (Lipinski definition) is 6. The van der Waals surface area contributed by atoms with E-state index in [0.29, 0.717) is 13.2 Å². The molecule has 1 saturated heterocycles. The maximum atomic E-state index is 11.5. The van der Waals surface area contributed by atoms with E-state index in [1.54, 1.807) is 6.07 Å². The minimum absolute atomic E-state index is 0.0863. The lowest BCUT2D eigenvalue weighted by Gasteiger charge is -2.36. The van der Waals surface area contributed by atoms with Gasteiger partial charge in [0.15, 0.2) is 0 Å². The predicted molar refractivity (Wildman–Crippen MR) is 211 cm³/mol. The molecule has 1 fully saturated rings. The number of carbonyl (C=O) groups is 1. The highest BCUT2D eigenvalue weighted by molar-refractivity contribution is 7.17. The molecule has 3 N–H and O–H groups in total. The van der Waals surface area contributed by atoms with Crippen molar-refractivity contribution < 1.29 is 14.6 Å². The molecule has 0 radical (unpaired) electrons. The number of rotatable bonds is 21. The van der Waals surface area contributed by atoms with Gasteiger partial charge in [-0.3, -0.25) is 9.69 Å². The Morgan fingerprint density at radius 3 is 2.20 bits per heavy atom. The fourth-order valence-electron chi connectivity index (χ4n) is 6.65. The molecule has 50 heavy (non-hydrogen) atoms. The van der Waals surface area contributed by atoms with Gasteiger partial charge in [-0.1, -0.05) is 90.0 Å². The van der Waals surface area contributed by atoms with Gasteiger partial charge in [0, 0.05) is 60.6 Å². The topological polar surface area (TPSA) is 97.9 Å². The van der Waals surface area contributed by atoms with Crippen molar-refractivity contribution >= 4 is 44.1 Å². The van der Waals surface area contributed by atoms with Crippen LogP contribution in [0.2, 0.25) is 0 Å². The standard InChI is InChI=1S/C25H27N3O2S.C16H33NO2/c29-25-9-7-19-6-8-20(18-22(19)26-25)30-16-2-1-11-27-12-14-28(15-13-27)23-4-3-5-24-21(23)10-17-31-24;1-2-3-4-5-6-7-8-9-10-11-12-13-14-15-17-16(18)19/h3-10,17-18H,1-2,11-16H2,(H,26,29);17H,2-15H2,1H3,(H,18,19). The van der Waals surface area contributed by atoms with Gasteiger partial charge in [-0.2, -0.15) is 0 Å². The number of aromatic nitrogens is 1. The molecule has 1 aliphatic heterocycles. The molecule has 0 saturated carbocycles. The summed E-state index contributed by atoms with van der Waals surface area (Å²) in [6.07, 6.45) is 18.5. The van der Waals surface area contributed by atoms with Gasteiger partial charge in [0.25, 0.3) is 0 Å². The van der Waals surface area contributed by atoms with Crippen LogP contribution in [0.4, 0.5) is 10.5 Å². The second-order valence-corrected chi connectivity index (χ2v) is 14.5. The largest absolute Gasteiger partial charge is 0.494 e. The molecule has 2 aromatic carbocycles. The van der Waals surface area contributed by atoms with Gasteiger partial charge in [-0.25, -0.2) is 4.79 Å². The van der Waals surface area contributed by atoms with Crippen molar-refractivity contribution in [2.75, 3.05) is 50.8 Å². The summed E-state index contributed by atoms with van der Waals surface area (Å²) < 4.78 is 7.28. The molecule has 1 aliphatic rings. The minimum atomic E-state index is -0.904. The van der Waals surface area contributed by atoms with Crippen LogP contribution in [0.1, 0.15) is 103 Å². The van der Waals surface area contributed by atoms with Gasteiger partial charge in [0.2, 0.25) is 5.56 Å². The second kappa shape index (κ2) is 23.0. The molecular formula is C41H60N4O4S. The fourth-order valence-corrected chi connectivity index (χ4v) is 7.46. The Labute approximate surface area is 303 Å². The molecule has 274 valence electrons. The molecule has 0 atom stereocenters. The van der Waals surface area contributed by atoms with E-state index in [4.69, 9.17) is 9.84 Å². The molecule has 0 bridgehead atoms. The summed E-state index contributed by atoms with van der Waals surface area (Å²) in [6, 6.07) is 18.1. The zero-order valence-corrected chi connectivity index (χ0v) is 31.1. The molecule has 0 aliphatic carbocycles. The lowest BCUT2D eigenvalue weighted by atomic mass is 10.0. The van der Waals surface area contributed by atoms with Crippen molar-refractivity contribution in [1.29, 1.82) is 0 Å². The maximum Gasteiger partial charge on any atom is 0.404 e. The van der Waals surface area contributed by atoms with Crippen LogP contribution in [0.5, 0.6) is 5.75 Å². The van der Waals surface area contributed by atoms with Gasteiger partial charge >= 0.3 is 6.09 Å². The number of anilines is 1. The van der Waals surface area contributed by atoms with E-state index in [-0.39, 0.29) is 5.56 Å². The Morgan fingerprint density at radius 2 is 1.50 bits per heavy atom. The first-order chi connectivity index (χ1) is 24.5. The predicted octanol–water partition coefficient (Wildman–Crippen LogP) is 10.1. The monoisotopic (exact) mass is 704 g/mol. The van der Waals surface area contributed by atoms with E-state index < -0.39 is 6.09 Å². The molecule has 0 unspecified atom stereocenters. The maximum absolute atomic E-state index is 11.5. The number of thiophene rings is 1. The first-order valence-electron chi connectivity index (χ1n) is 19.2. The first-order valence-corrected chi connectivity index (χ1v) is 20.1. The van der Waals surface area contributed by atoms with Crippen LogP contribution < -0.4 is 20.5 Å². The third-order valence-electron chi connectivity index (χ3n) is 9.58. The van der Waals surface area contributed by atoms with E-state index >= 15 is 0 Å². The van der Waals surface area contributed by atoms with Gasteiger partial charge in [0.1, 0.15) is 5.75 Å². The van der Waals surface area contributed by atoms with Crippen molar-refractivity contribution in [1.82, 2.24) is 15.2 Å². The number of nitrogens with one attached hydrogen (secondary N) is 2. The smallest absolute Gasteiger partial charge is 0.404 e. The molecule has 2 aromatic heterocycles. The number of pyridine rings is 1. The van der Waals surface area contributed by atoms with Crippen molar-refractivity contribution in [2.24, 2.45) is 0 Å². The number of ether oxygens (including phenoxy) is 1. The van der Waals surface area contributed by atoms with Crippen molar-refractivity contribution in [3.05, 3.63) is 70.3 Å². The van der Waals surface area contributed by atoms with E-state index in [1.807, 2.05) is 35.6 Å². The quantitative estimate of drug-likeness (QED) is 0.0747. The summed E-state index contributed by atoms with van der Waals surface area (Å²) in [4.78, 5) is 29.6. The van der Waals surface area contributed by atoms with Gasteiger partial charge in [0.05, 0.1) is 12.1 Å². The summed E-state index contributed by atoms with van der Waals surface area (Å²) in [5.74, 6) is 0.811. The summed E-state index contributed by atoms with van der Waals surface area (Å²) >= 11 is 1.82. The first kappa shape index (κ1) is 39.2. The second-order valence-electron chi connectivity index (χ2n) is 13.5. The summed E-state index contributed by atoms with van der Waals surface area (Å²) in [5.41, 5.74) is 2.11. The van der Waals surface area contributed by atoms with E-state index in [9.17, 15) is 9.59 Å². The van der Waals surface area contributed by atoms with Crippen LogP contribution in [0.15, 0.2) is 64.8 Å². The number of fused-ring (bicyclic) bond motifs is 2. The number of benzene rings is 2. The number of aromatic amines is 1. The Morgan fingerprint density at radius 1 is 0.820 bits per heavy atom. The molecular weight excluding hydrogens is 645 g/mol.